The van der Waals surface area contributed by atoms with Gasteiger partial charge in [-0.3, -0.25) is 6.08 Å². The maximum absolute atomic E-state index is 3.48. The van der Waals surface area contributed by atoms with E-state index in [2.05, 4.69) is 110 Å². The van der Waals surface area contributed by atoms with Crippen molar-refractivity contribution in [2.24, 2.45) is 11.8 Å². The van der Waals surface area contributed by atoms with E-state index in [1.165, 1.54) is 119 Å². The van der Waals surface area contributed by atoms with Crippen molar-refractivity contribution in [3.05, 3.63) is 121 Å². The van der Waals surface area contributed by atoms with Gasteiger partial charge in [0.2, 0.25) is 0 Å². The zero-order chi connectivity index (χ0) is 29.6. The summed E-state index contributed by atoms with van der Waals surface area (Å²) in [6.07, 6.45) is 27.4. The van der Waals surface area contributed by atoms with Gasteiger partial charge >= 0.3 is 28.4 Å². The van der Waals surface area contributed by atoms with Crippen LogP contribution in [0.5, 0.6) is 0 Å². The number of rotatable bonds is 2. The molecule has 0 spiro atoms. The third kappa shape index (κ3) is 10.1. The monoisotopic (exact) mass is 700 g/mol. The first-order chi connectivity index (χ1) is 20.8. The van der Waals surface area contributed by atoms with Gasteiger partial charge in [-0.2, -0.15) is 31.8 Å². The van der Waals surface area contributed by atoms with Gasteiger partial charge in [-0.05, 0) is 28.5 Å². The van der Waals surface area contributed by atoms with E-state index in [4.69, 9.17) is 0 Å². The largest absolute Gasteiger partial charge is 0.147 e. The van der Waals surface area contributed by atoms with Crippen LogP contribution in [0.3, 0.4) is 0 Å². The van der Waals surface area contributed by atoms with Crippen LogP contribution in [0.1, 0.15) is 82.8 Å². The molecule has 0 aliphatic heterocycles. The van der Waals surface area contributed by atoms with E-state index in [9.17, 15) is 0 Å². The van der Waals surface area contributed by atoms with Gasteiger partial charge in [-0.15, -0.1) is 71.8 Å². The third-order valence-electron chi connectivity index (χ3n) is 8.93. The second kappa shape index (κ2) is 21.1. The molecule has 0 radical (unpaired) electrons. The zero-order valence-electron chi connectivity index (χ0n) is 26.5. The molecule has 0 amide bonds. The molecule has 2 saturated carbocycles. The first-order valence-corrected chi connectivity index (χ1v) is 17.6. The number of hydrogen-bond acceptors (Lipinski definition) is 0. The molecule has 234 valence electrons. The number of hydrogen-bond donors (Lipinski definition) is 0. The Kier molecular flexibility index (Phi) is 18.4. The standard InChI is InChI=1S/C21H13.2C7H13.C5H5.CH2.2ClH.Zr/c1-2-8-15-14(7-1)13-20-18-11-4-3-9-16(18)17-10-5-6-12-19(17)21(15)20;2*1-2-7-5-3-4-6-7;1-2-4-5-3-1;;;;/h1-10,12H,13H2;2*2,7H,3-6H2,1H3;1-3H,4H2;1H2;2*1H;/q4*-1;;;;. The van der Waals surface area contributed by atoms with Crippen LogP contribution in [0.2, 0.25) is 0 Å². The normalized spacial score (nSPS) is 15.6. The Morgan fingerprint density at radius 3 is 1.82 bits per heavy atom. The average molecular weight is 703 g/mol. The summed E-state index contributed by atoms with van der Waals surface area (Å²) in [5, 5.41) is 5.30. The van der Waals surface area contributed by atoms with E-state index in [1.54, 1.807) is 0 Å². The molecule has 0 unspecified atom stereocenters. The van der Waals surface area contributed by atoms with E-state index in [0.717, 1.165) is 24.7 Å². The van der Waals surface area contributed by atoms with Crippen LogP contribution in [0.15, 0.2) is 85.0 Å². The molecule has 0 nitrogen and oxygen atoms in total. The van der Waals surface area contributed by atoms with Crippen LogP contribution < -0.4 is 0 Å². The predicted octanol–water partition coefficient (Wildman–Crippen LogP) is 12.3. The molecule has 0 N–H and O–H groups in total. The van der Waals surface area contributed by atoms with Gasteiger partial charge in [-0.1, -0.05) is 105 Å². The van der Waals surface area contributed by atoms with Gasteiger partial charge in [0.1, 0.15) is 0 Å². The molecule has 0 heterocycles. The van der Waals surface area contributed by atoms with Crippen LogP contribution >= 0.6 is 24.8 Å². The Bertz CT molecular complexity index is 1430. The summed E-state index contributed by atoms with van der Waals surface area (Å²) in [5.74, 6) is 1.94. The second-order valence-corrected chi connectivity index (χ2v) is 11.5. The molecule has 4 aliphatic rings. The van der Waals surface area contributed by atoms with Crippen molar-refractivity contribution in [2.45, 2.75) is 78.1 Å². The van der Waals surface area contributed by atoms with E-state index >= 15 is 0 Å². The second-order valence-electron chi connectivity index (χ2n) is 11.5. The fraction of sp³-hybridized carbons (Fsp3) is 0.341. The third-order valence-corrected chi connectivity index (χ3v) is 8.93. The topological polar surface area (TPSA) is 0 Å². The van der Waals surface area contributed by atoms with E-state index in [0.29, 0.717) is 0 Å². The molecule has 2 fully saturated rings. The van der Waals surface area contributed by atoms with E-state index in [-0.39, 0.29) is 24.8 Å². The maximum Gasteiger partial charge on any atom is -0.0240 e. The summed E-state index contributed by atoms with van der Waals surface area (Å²) < 4.78 is 3.34. The predicted molar refractivity (Wildman–Crippen MR) is 196 cm³/mol. The van der Waals surface area contributed by atoms with Crippen molar-refractivity contribution in [3.63, 3.8) is 0 Å². The van der Waals surface area contributed by atoms with Gasteiger partial charge in [0.25, 0.3) is 0 Å². The molecular formula is C41H48Cl2Zr-4. The van der Waals surface area contributed by atoms with Gasteiger partial charge in [0.15, 0.2) is 0 Å². The first-order valence-electron chi connectivity index (χ1n) is 15.9. The van der Waals surface area contributed by atoms with Crippen molar-refractivity contribution in [3.8, 4) is 11.1 Å². The van der Waals surface area contributed by atoms with Crippen LogP contribution in [0.25, 0.3) is 32.7 Å². The molecule has 0 bridgehead atoms. The molecule has 44 heavy (non-hydrogen) atoms. The number of fused-ring (bicyclic) bond motifs is 8. The molecule has 4 aliphatic carbocycles. The molecule has 0 atom stereocenters. The maximum atomic E-state index is 3.48. The average Bonchev–Trinajstić information content (AvgIpc) is 3.91. The number of benzene rings is 4. The van der Waals surface area contributed by atoms with Gasteiger partial charge in [0, 0.05) is 0 Å². The molecular weight excluding hydrogens is 655 g/mol. The Hall–Kier alpha value is -1.79. The summed E-state index contributed by atoms with van der Waals surface area (Å²) in [5.41, 5.74) is 5.67. The van der Waals surface area contributed by atoms with Crippen molar-refractivity contribution in [1.82, 2.24) is 0 Å². The zero-order valence-corrected chi connectivity index (χ0v) is 30.6. The van der Waals surface area contributed by atoms with Crippen LogP contribution in [-0.2, 0) is 30.7 Å². The van der Waals surface area contributed by atoms with Crippen LogP contribution in [-0.4, -0.2) is 4.21 Å². The SMILES string of the molecule is C[CH-]C1CCCC1.C[CH-]C1CCCC1.Cl.Cl.[C-]1=CC=CC1.[CH2]=[Zr].[c-]1cccc2c1c1c(c3ccccc32)-c2ccccc2C1. The van der Waals surface area contributed by atoms with Crippen molar-refractivity contribution in [2.75, 3.05) is 0 Å². The smallest absolute Gasteiger partial charge is 0.0240 e. The van der Waals surface area contributed by atoms with Gasteiger partial charge in [0.05, 0.1) is 0 Å². The molecule has 3 heteroatoms. The van der Waals surface area contributed by atoms with E-state index in [1.807, 2.05) is 18.2 Å². The summed E-state index contributed by atoms with van der Waals surface area (Å²) in [4.78, 5) is 0. The van der Waals surface area contributed by atoms with Gasteiger partial charge < -0.3 is 12.8 Å². The summed E-state index contributed by atoms with van der Waals surface area (Å²) >= 11 is 1.30. The minimum Gasteiger partial charge on any atom is -0.147 e. The van der Waals surface area contributed by atoms with Crippen LogP contribution in [0.4, 0.5) is 0 Å². The molecule has 4 aromatic carbocycles. The minimum atomic E-state index is 0. The fourth-order valence-electron chi connectivity index (χ4n) is 6.65. The van der Waals surface area contributed by atoms with E-state index < -0.39 is 0 Å². The number of halogens is 2. The number of allylic oxidation sites excluding steroid dienone is 4. The summed E-state index contributed by atoms with van der Waals surface area (Å²) in [7, 11) is 0. The molecule has 8 rings (SSSR count). The first kappa shape index (κ1) is 38.4. The molecule has 0 aromatic heterocycles. The Morgan fingerprint density at radius 1 is 0.727 bits per heavy atom. The molecule has 4 aromatic rings. The van der Waals surface area contributed by atoms with Crippen molar-refractivity contribution >= 4 is 50.6 Å². The van der Waals surface area contributed by atoms with Gasteiger partial charge in [-0.25, -0.2) is 12.2 Å². The minimum absolute atomic E-state index is 0. The quantitative estimate of drug-likeness (QED) is 0.127. The van der Waals surface area contributed by atoms with Crippen LogP contribution in [0, 0.1) is 36.8 Å². The Labute approximate surface area is 295 Å². The fourth-order valence-corrected chi connectivity index (χ4v) is 6.65. The van der Waals surface area contributed by atoms with Crippen molar-refractivity contribution in [1.29, 1.82) is 0 Å². The Morgan fingerprint density at radius 2 is 1.30 bits per heavy atom. The Balaban J connectivity index is 0.000000243. The molecule has 0 saturated heterocycles. The summed E-state index contributed by atoms with van der Waals surface area (Å²) in [6, 6.07) is 27.3. The summed E-state index contributed by atoms with van der Waals surface area (Å²) in [6.45, 7) is 4.35. The van der Waals surface area contributed by atoms with Crippen molar-refractivity contribution < 1.29 is 24.2 Å².